The number of nitrogens with zero attached hydrogens (tertiary/aromatic N) is 2. The molecule has 1 N–H and O–H groups in total. The minimum Gasteiger partial charge on any atom is -0.481 e. The summed E-state index contributed by atoms with van der Waals surface area (Å²) in [6.45, 7) is 0. The van der Waals surface area contributed by atoms with E-state index in [1.54, 1.807) is 29.9 Å². The van der Waals surface area contributed by atoms with Crippen molar-refractivity contribution in [3.63, 3.8) is 0 Å². The molecule has 5 heteroatoms. The molecule has 78 valence electrons. The van der Waals surface area contributed by atoms with Gasteiger partial charge in [-0.05, 0) is 6.07 Å². The second kappa shape index (κ2) is 3.27. The van der Waals surface area contributed by atoms with Gasteiger partial charge in [0.1, 0.15) is 5.69 Å². The van der Waals surface area contributed by atoms with Crippen molar-refractivity contribution in [3.8, 4) is 5.88 Å². The third kappa shape index (κ3) is 1.41. The number of methoxy groups -OCH3 is 1. The summed E-state index contributed by atoms with van der Waals surface area (Å²) in [7, 11) is 3.22. The van der Waals surface area contributed by atoms with Gasteiger partial charge in [0.25, 0.3) is 0 Å². The molecule has 0 radical (unpaired) electrons. The Balaban J connectivity index is 2.70. The van der Waals surface area contributed by atoms with Crippen LogP contribution in [0.5, 0.6) is 5.88 Å². The second-order valence-corrected chi connectivity index (χ2v) is 3.18. The Kier molecular flexibility index (Phi) is 2.07. The van der Waals surface area contributed by atoms with Crippen molar-refractivity contribution < 1.29 is 14.6 Å². The molecule has 2 aromatic rings. The van der Waals surface area contributed by atoms with Gasteiger partial charge < -0.3 is 14.4 Å². The topological polar surface area (TPSA) is 64.3 Å². The molecule has 0 amide bonds. The van der Waals surface area contributed by atoms with E-state index in [1.807, 2.05) is 0 Å². The average Bonchev–Trinajstić information content (AvgIpc) is 2.55. The molecule has 0 aliphatic rings. The van der Waals surface area contributed by atoms with Crippen molar-refractivity contribution in [1.29, 1.82) is 0 Å². The Labute approximate surface area is 85.9 Å². The third-order valence-electron chi connectivity index (χ3n) is 2.33. The number of hydrogen-bond donors (Lipinski definition) is 1. The summed E-state index contributed by atoms with van der Waals surface area (Å²) in [6, 6.07) is 3.31. The van der Waals surface area contributed by atoms with E-state index in [1.165, 1.54) is 7.11 Å². The first-order chi connectivity index (χ1) is 7.13. The third-order valence-corrected chi connectivity index (χ3v) is 2.33. The highest BCUT2D eigenvalue weighted by Gasteiger charge is 2.12. The summed E-state index contributed by atoms with van der Waals surface area (Å²) in [5, 5.41) is 9.73. The maximum atomic E-state index is 10.9. The molecule has 0 fully saturated rings. The van der Waals surface area contributed by atoms with Crippen LogP contribution in [0.15, 0.2) is 18.3 Å². The van der Waals surface area contributed by atoms with E-state index in [4.69, 9.17) is 9.84 Å². The maximum absolute atomic E-state index is 10.9. The molecule has 0 bridgehead atoms. The fraction of sp³-hybridized carbons (Fsp3) is 0.200. The van der Waals surface area contributed by atoms with Gasteiger partial charge in [0.15, 0.2) is 0 Å². The van der Waals surface area contributed by atoms with Crippen LogP contribution in [0, 0.1) is 0 Å². The summed E-state index contributed by atoms with van der Waals surface area (Å²) in [5.74, 6) is -0.474. The van der Waals surface area contributed by atoms with Crippen LogP contribution in [0.1, 0.15) is 10.5 Å². The summed E-state index contributed by atoms with van der Waals surface area (Å²) in [6.07, 6.45) is 1.60. The van der Waals surface area contributed by atoms with Crippen molar-refractivity contribution >= 4 is 16.9 Å². The molecule has 0 saturated carbocycles. The maximum Gasteiger partial charge on any atom is 0.352 e. The molecule has 5 nitrogen and oxygen atoms in total. The SMILES string of the molecule is COc1cc2cc(C(=O)O)n(C)c2cn1. The Hall–Kier alpha value is -2.04. The van der Waals surface area contributed by atoms with Crippen LogP contribution < -0.4 is 4.74 Å². The molecule has 2 heterocycles. The lowest BCUT2D eigenvalue weighted by Gasteiger charge is -2.00. The predicted molar refractivity (Wildman–Crippen MR) is 54.2 cm³/mol. The highest BCUT2D eigenvalue weighted by Crippen LogP contribution is 2.21. The molecule has 0 saturated heterocycles. The lowest BCUT2D eigenvalue weighted by Crippen LogP contribution is -2.03. The Morgan fingerprint density at radius 1 is 1.53 bits per heavy atom. The summed E-state index contributed by atoms with van der Waals surface area (Å²) in [4.78, 5) is 14.9. The zero-order valence-corrected chi connectivity index (χ0v) is 8.39. The molecule has 0 aliphatic heterocycles. The van der Waals surface area contributed by atoms with Crippen LogP contribution in [0.4, 0.5) is 0 Å². The van der Waals surface area contributed by atoms with Crippen molar-refractivity contribution in [3.05, 3.63) is 24.0 Å². The minimum atomic E-state index is -0.951. The summed E-state index contributed by atoms with van der Waals surface area (Å²) >= 11 is 0. The standard InChI is InChI=1S/C10H10N2O3/c1-12-7(10(13)14)3-6-4-9(15-2)11-5-8(6)12/h3-5H,1-2H3,(H,13,14). The first kappa shape index (κ1) is 9.51. The number of aromatic carboxylic acids is 1. The van der Waals surface area contributed by atoms with Crippen LogP contribution in [0.2, 0.25) is 0 Å². The van der Waals surface area contributed by atoms with Crippen LogP contribution in [-0.2, 0) is 7.05 Å². The van der Waals surface area contributed by atoms with Gasteiger partial charge in [-0.1, -0.05) is 0 Å². The fourth-order valence-electron chi connectivity index (χ4n) is 1.53. The number of ether oxygens (including phenoxy) is 1. The van der Waals surface area contributed by atoms with E-state index in [0.717, 1.165) is 10.9 Å². The molecule has 0 aliphatic carbocycles. The van der Waals surface area contributed by atoms with E-state index in [-0.39, 0.29) is 5.69 Å². The van der Waals surface area contributed by atoms with Gasteiger partial charge in [-0.25, -0.2) is 9.78 Å². The largest absolute Gasteiger partial charge is 0.481 e. The van der Waals surface area contributed by atoms with Gasteiger partial charge in [0.05, 0.1) is 18.8 Å². The van der Waals surface area contributed by atoms with Gasteiger partial charge in [-0.15, -0.1) is 0 Å². The van der Waals surface area contributed by atoms with Crippen LogP contribution in [0.25, 0.3) is 10.9 Å². The van der Waals surface area contributed by atoms with Gasteiger partial charge in [-0.3, -0.25) is 0 Å². The van der Waals surface area contributed by atoms with Crippen molar-refractivity contribution in [2.45, 2.75) is 0 Å². The fourth-order valence-corrected chi connectivity index (χ4v) is 1.53. The van der Waals surface area contributed by atoms with Crippen LogP contribution in [0.3, 0.4) is 0 Å². The molecule has 0 spiro atoms. The number of carbonyl (C=O) groups is 1. The summed E-state index contributed by atoms with van der Waals surface area (Å²) in [5.41, 5.74) is 1.01. The highest BCUT2D eigenvalue weighted by atomic mass is 16.5. The van der Waals surface area contributed by atoms with Gasteiger partial charge in [0, 0.05) is 18.5 Å². The van der Waals surface area contributed by atoms with Crippen LogP contribution in [-0.4, -0.2) is 27.7 Å². The monoisotopic (exact) mass is 206 g/mol. The lowest BCUT2D eigenvalue weighted by atomic mass is 10.3. The van der Waals surface area contributed by atoms with Crippen molar-refractivity contribution in [2.24, 2.45) is 7.05 Å². The summed E-state index contributed by atoms with van der Waals surface area (Å²) < 4.78 is 6.55. The molecule has 0 unspecified atom stereocenters. The number of rotatable bonds is 2. The minimum absolute atomic E-state index is 0.236. The Morgan fingerprint density at radius 2 is 2.27 bits per heavy atom. The van der Waals surface area contributed by atoms with E-state index in [9.17, 15) is 4.79 Å². The van der Waals surface area contributed by atoms with Gasteiger partial charge in [0.2, 0.25) is 5.88 Å². The van der Waals surface area contributed by atoms with E-state index < -0.39 is 5.97 Å². The average molecular weight is 206 g/mol. The first-order valence-corrected chi connectivity index (χ1v) is 4.36. The zero-order valence-electron chi connectivity index (χ0n) is 8.39. The number of aromatic nitrogens is 2. The van der Waals surface area contributed by atoms with Crippen molar-refractivity contribution in [2.75, 3.05) is 7.11 Å². The molecule has 15 heavy (non-hydrogen) atoms. The quantitative estimate of drug-likeness (QED) is 0.803. The number of carboxylic acid groups (broad SMARTS) is 1. The zero-order chi connectivity index (χ0) is 11.0. The second-order valence-electron chi connectivity index (χ2n) is 3.18. The lowest BCUT2D eigenvalue weighted by molar-refractivity contribution is 0.0687. The van der Waals surface area contributed by atoms with Crippen molar-refractivity contribution in [1.82, 2.24) is 9.55 Å². The first-order valence-electron chi connectivity index (χ1n) is 4.36. The molecule has 0 atom stereocenters. The van der Waals surface area contributed by atoms with Crippen LogP contribution >= 0.6 is 0 Å². The number of aryl methyl sites for hydroxylation is 1. The predicted octanol–water partition coefficient (Wildman–Crippen LogP) is 1.28. The molecular formula is C10H10N2O3. The number of pyridine rings is 1. The number of hydrogen-bond acceptors (Lipinski definition) is 3. The molecule has 2 rings (SSSR count). The molecule has 2 aromatic heterocycles. The Morgan fingerprint density at radius 3 is 2.87 bits per heavy atom. The van der Waals surface area contributed by atoms with Gasteiger partial charge in [-0.2, -0.15) is 0 Å². The number of carboxylic acids is 1. The van der Waals surface area contributed by atoms with Gasteiger partial charge >= 0.3 is 5.97 Å². The molecular weight excluding hydrogens is 196 g/mol. The van der Waals surface area contributed by atoms with E-state index >= 15 is 0 Å². The highest BCUT2D eigenvalue weighted by molar-refractivity contribution is 5.94. The normalized spacial score (nSPS) is 10.5. The number of fused-ring (bicyclic) bond motifs is 1. The smallest absolute Gasteiger partial charge is 0.352 e. The Bertz CT molecular complexity index is 531. The van der Waals surface area contributed by atoms with E-state index in [0.29, 0.717) is 5.88 Å². The van der Waals surface area contributed by atoms with E-state index in [2.05, 4.69) is 4.98 Å². The molecule has 0 aromatic carbocycles.